The van der Waals surface area contributed by atoms with Crippen molar-refractivity contribution in [1.29, 1.82) is 0 Å². The number of ether oxygens (including phenoxy) is 2. The number of thioether (sulfide) groups is 1. The number of aliphatic carboxylic acids is 1. The lowest BCUT2D eigenvalue weighted by atomic mass is 10.2. The Hall–Kier alpha value is -4.15. The van der Waals surface area contributed by atoms with Crippen LogP contribution in [0.2, 0.25) is 0 Å². The molecule has 192 valence electrons. The van der Waals surface area contributed by atoms with E-state index < -0.39 is 5.97 Å². The van der Waals surface area contributed by atoms with Crippen LogP contribution in [0.4, 0.5) is 0 Å². The second kappa shape index (κ2) is 11.9. The van der Waals surface area contributed by atoms with E-state index in [0.29, 0.717) is 29.8 Å². The molecule has 5 rings (SSSR count). The van der Waals surface area contributed by atoms with Gasteiger partial charge in [0.2, 0.25) is 11.7 Å². The van der Waals surface area contributed by atoms with E-state index in [2.05, 4.69) is 22.3 Å². The first-order valence-electron chi connectivity index (χ1n) is 11.7. The zero-order valence-corrected chi connectivity index (χ0v) is 22.0. The Kier molecular flexibility index (Phi) is 8.01. The second-order valence-corrected chi connectivity index (χ2v) is 10.3. The minimum Gasteiger partial charge on any atom is -0.487 e. The highest BCUT2D eigenvalue weighted by molar-refractivity contribution is 7.98. The highest BCUT2D eigenvalue weighted by Crippen LogP contribution is 2.34. The monoisotopic (exact) mass is 545 g/mol. The van der Waals surface area contributed by atoms with Gasteiger partial charge in [-0.15, -0.1) is 23.1 Å². The van der Waals surface area contributed by atoms with Crippen LogP contribution < -0.4 is 9.47 Å². The van der Waals surface area contributed by atoms with Gasteiger partial charge in [-0.05, 0) is 48.5 Å². The molecule has 0 unspecified atom stereocenters. The summed E-state index contributed by atoms with van der Waals surface area (Å²) >= 11 is 3.33. The van der Waals surface area contributed by atoms with E-state index >= 15 is 0 Å². The number of rotatable bonds is 11. The van der Waals surface area contributed by atoms with Crippen molar-refractivity contribution >= 4 is 29.1 Å². The molecule has 0 radical (unpaired) electrons. The van der Waals surface area contributed by atoms with Crippen LogP contribution >= 0.6 is 23.1 Å². The van der Waals surface area contributed by atoms with Crippen LogP contribution in [0.15, 0.2) is 88.3 Å². The van der Waals surface area contributed by atoms with Crippen LogP contribution in [0.3, 0.4) is 0 Å². The third kappa shape index (κ3) is 6.58. The van der Waals surface area contributed by atoms with Crippen LogP contribution in [-0.4, -0.2) is 32.8 Å². The molecule has 2 heterocycles. The minimum atomic E-state index is -1.00. The molecule has 0 aliphatic carbocycles. The van der Waals surface area contributed by atoms with E-state index in [0.717, 1.165) is 37.4 Å². The number of thiazole rings is 1. The predicted octanol–water partition coefficient (Wildman–Crippen LogP) is 6.50. The molecule has 1 N–H and O–H groups in total. The predicted molar refractivity (Wildman–Crippen MR) is 145 cm³/mol. The maximum absolute atomic E-state index is 10.7. The average molecular weight is 546 g/mol. The number of carbonyl (C=O) groups is 1. The summed E-state index contributed by atoms with van der Waals surface area (Å²) in [7, 11) is 0. The maximum atomic E-state index is 10.7. The van der Waals surface area contributed by atoms with E-state index in [-0.39, 0.29) is 6.61 Å². The Labute approximate surface area is 227 Å². The van der Waals surface area contributed by atoms with Crippen molar-refractivity contribution in [3.05, 3.63) is 95.3 Å². The summed E-state index contributed by atoms with van der Waals surface area (Å²) in [5.41, 5.74) is 2.81. The molecular weight excluding hydrogens is 522 g/mol. The molecule has 38 heavy (non-hydrogen) atoms. The molecule has 0 bridgehead atoms. The number of carboxylic acid groups (broad SMARTS) is 1. The summed E-state index contributed by atoms with van der Waals surface area (Å²) in [4.78, 5) is 22.0. The molecule has 0 aliphatic heterocycles. The normalized spacial score (nSPS) is 10.9. The minimum absolute atomic E-state index is 0.335. The number of hydrogen-bond acceptors (Lipinski definition) is 9. The van der Waals surface area contributed by atoms with Gasteiger partial charge in [0.15, 0.2) is 6.61 Å². The molecule has 5 aromatic rings. The SMILES string of the molecule is Cc1nc(-c2ccc(OCc3nc(-c4ccccc4)sc3CSc3ccc(OCC(=O)O)cc3)cc2)no1. The third-order valence-corrected chi connectivity index (χ3v) is 7.74. The van der Waals surface area contributed by atoms with Crippen molar-refractivity contribution in [3.63, 3.8) is 0 Å². The van der Waals surface area contributed by atoms with Gasteiger partial charge in [0.1, 0.15) is 23.1 Å². The van der Waals surface area contributed by atoms with Crippen LogP contribution in [0.5, 0.6) is 11.5 Å². The zero-order chi connectivity index (χ0) is 26.3. The summed E-state index contributed by atoms with van der Waals surface area (Å²) in [6, 6.07) is 25.0. The fourth-order valence-electron chi connectivity index (χ4n) is 3.51. The van der Waals surface area contributed by atoms with Gasteiger partial charge in [-0.2, -0.15) is 4.98 Å². The first kappa shape index (κ1) is 25.5. The Morgan fingerprint density at radius 2 is 1.63 bits per heavy atom. The summed E-state index contributed by atoms with van der Waals surface area (Å²) in [5.74, 6) is 2.02. The van der Waals surface area contributed by atoms with Crippen LogP contribution in [0.25, 0.3) is 22.0 Å². The lowest BCUT2D eigenvalue weighted by Gasteiger charge is -2.07. The topological polar surface area (TPSA) is 108 Å². The zero-order valence-electron chi connectivity index (χ0n) is 20.4. The Morgan fingerprint density at radius 1 is 0.921 bits per heavy atom. The molecule has 0 fully saturated rings. The van der Waals surface area contributed by atoms with Crippen molar-refractivity contribution < 1.29 is 23.9 Å². The quantitative estimate of drug-likeness (QED) is 0.186. The highest BCUT2D eigenvalue weighted by atomic mass is 32.2. The summed E-state index contributed by atoms with van der Waals surface area (Å²) in [6.07, 6.45) is 0. The molecule has 2 aromatic heterocycles. The molecule has 10 heteroatoms. The molecule has 0 saturated carbocycles. The molecular formula is C28H23N3O5S2. The fourth-order valence-corrected chi connectivity index (χ4v) is 5.58. The molecule has 0 aliphatic rings. The highest BCUT2D eigenvalue weighted by Gasteiger charge is 2.15. The van der Waals surface area contributed by atoms with E-state index in [1.165, 1.54) is 0 Å². The maximum Gasteiger partial charge on any atom is 0.341 e. The van der Waals surface area contributed by atoms with Gasteiger partial charge in [-0.1, -0.05) is 35.5 Å². The Morgan fingerprint density at radius 3 is 2.32 bits per heavy atom. The standard InChI is InChI=1S/C28H23N3O5S2/c1-18-29-27(31-36-18)19-7-9-21(10-8-19)34-15-24-25(38-28(30-24)20-5-3-2-4-6-20)17-37-23-13-11-22(12-14-23)35-16-26(32)33/h2-14H,15-17H2,1H3,(H,32,33). The first-order chi connectivity index (χ1) is 18.5. The second-order valence-electron chi connectivity index (χ2n) is 8.15. The summed E-state index contributed by atoms with van der Waals surface area (Å²) in [5, 5.41) is 13.7. The molecule has 3 aromatic carbocycles. The van der Waals surface area contributed by atoms with E-state index in [9.17, 15) is 4.79 Å². The summed E-state index contributed by atoms with van der Waals surface area (Å²) in [6.45, 7) is 1.73. The van der Waals surface area contributed by atoms with E-state index in [1.807, 2.05) is 54.6 Å². The van der Waals surface area contributed by atoms with Crippen molar-refractivity contribution in [2.45, 2.75) is 24.2 Å². The number of benzene rings is 3. The Balaban J connectivity index is 1.28. The van der Waals surface area contributed by atoms with Gasteiger partial charge in [-0.25, -0.2) is 9.78 Å². The molecule has 8 nitrogen and oxygen atoms in total. The van der Waals surface area contributed by atoms with E-state index in [1.54, 1.807) is 42.2 Å². The molecule has 0 amide bonds. The number of aryl methyl sites for hydroxylation is 1. The lowest BCUT2D eigenvalue weighted by Crippen LogP contribution is -2.09. The van der Waals surface area contributed by atoms with Crippen molar-refractivity contribution in [1.82, 2.24) is 15.1 Å². The Bertz CT molecular complexity index is 1500. The first-order valence-corrected chi connectivity index (χ1v) is 13.5. The van der Waals surface area contributed by atoms with Crippen LogP contribution in [-0.2, 0) is 17.2 Å². The lowest BCUT2D eigenvalue weighted by molar-refractivity contribution is -0.139. The smallest absolute Gasteiger partial charge is 0.341 e. The molecule has 0 spiro atoms. The summed E-state index contributed by atoms with van der Waals surface area (Å²) < 4.78 is 16.4. The van der Waals surface area contributed by atoms with Crippen LogP contribution in [0, 0.1) is 6.92 Å². The number of hydrogen-bond donors (Lipinski definition) is 1. The van der Waals surface area contributed by atoms with Gasteiger partial charge in [0.05, 0.1) is 5.69 Å². The fraction of sp³-hybridized carbons (Fsp3) is 0.143. The third-order valence-electron chi connectivity index (χ3n) is 5.37. The van der Waals surface area contributed by atoms with Crippen molar-refractivity contribution in [2.75, 3.05) is 6.61 Å². The van der Waals surface area contributed by atoms with Crippen molar-refractivity contribution in [2.24, 2.45) is 0 Å². The molecule has 0 atom stereocenters. The van der Waals surface area contributed by atoms with Crippen molar-refractivity contribution in [3.8, 4) is 33.5 Å². The largest absolute Gasteiger partial charge is 0.487 e. The van der Waals surface area contributed by atoms with E-state index in [4.69, 9.17) is 24.1 Å². The number of aromatic nitrogens is 3. The van der Waals surface area contributed by atoms with Gasteiger partial charge in [0.25, 0.3) is 0 Å². The van der Waals surface area contributed by atoms with Crippen LogP contribution in [0.1, 0.15) is 16.5 Å². The van der Waals surface area contributed by atoms with Gasteiger partial charge in [-0.3, -0.25) is 0 Å². The average Bonchev–Trinajstić information content (AvgIpc) is 3.57. The number of nitrogens with zero attached hydrogens (tertiary/aromatic N) is 3. The van der Waals surface area contributed by atoms with Gasteiger partial charge >= 0.3 is 5.97 Å². The number of carboxylic acids is 1. The molecule has 0 saturated heterocycles. The van der Waals surface area contributed by atoms with Gasteiger partial charge in [0, 0.05) is 33.6 Å². The van der Waals surface area contributed by atoms with Gasteiger partial charge < -0.3 is 19.1 Å².